The molecule has 0 saturated heterocycles. The number of hydrogen-bond acceptors (Lipinski definition) is 3. The summed E-state index contributed by atoms with van der Waals surface area (Å²) in [6.45, 7) is 0. The molecule has 0 saturated carbocycles. The van der Waals surface area contributed by atoms with E-state index in [1.54, 1.807) is 24.3 Å². The second kappa shape index (κ2) is 5.90. The largest absolute Gasteiger partial charge is 0.322 e. The molecule has 0 fully saturated rings. The first-order valence-corrected chi connectivity index (χ1v) is 6.24. The molecule has 0 spiro atoms. The quantitative estimate of drug-likeness (QED) is 0.683. The van der Waals surface area contributed by atoms with Crippen LogP contribution >= 0.6 is 23.2 Å². The Labute approximate surface area is 124 Å². The minimum Gasteiger partial charge on any atom is -0.322 e. The van der Waals surface area contributed by atoms with Gasteiger partial charge < -0.3 is 5.32 Å². The van der Waals surface area contributed by atoms with Gasteiger partial charge in [0, 0.05) is 16.8 Å². The zero-order valence-corrected chi connectivity index (χ0v) is 11.5. The van der Waals surface area contributed by atoms with Gasteiger partial charge in [-0.2, -0.15) is 0 Å². The summed E-state index contributed by atoms with van der Waals surface area (Å²) in [7, 11) is 0. The molecule has 2 rings (SSSR count). The lowest BCUT2D eigenvalue weighted by atomic mass is 10.2. The van der Waals surface area contributed by atoms with Crippen LogP contribution in [0.5, 0.6) is 0 Å². The summed E-state index contributed by atoms with van der Waals surface area (Å²) >= 11 is 11.7. The Hall–Kier alpha value is -2.11. The number of anilines is 1. The van der Waals surface area contributed by atoms with Crippen molar-refractivity contribution in [3.63, 3.8) is 0 Å². The van der Waals surface area contributed by atoms with Gasteiger partial charge in [0.05, 0.1) is 10.5 Å². The van der Waals surface area contributed by atoms with Crippen LogP contribution in [0.4, 0.5) is 11.4 Å². The summed E-state index contributed by atoms with van der Waals surface area (Å²) in [6, 6.07) is 10.6. The SMILES string of the molecule is O=C(Nc1cccc(Cl)c1)c1cccc([N+](=O)[O-])c1Cl. The number of halogens is 2. The van der Waals surface area contributed by atoms with E-state index in [9.17, 15) is 14.9 Å². The molecule has 0 aliphatic rings. The highest BCUT2D eigenvalue weighted by atomic mass is 35.5. The maximum atomic E-state index is 12.1. The molecule has 0 radical (unpaired) electrons. The van der Waals surface area contributed by atoms with Crippen LogP contribution in [-0.4, -0.2) is 10.8 Å². The number of nitro benzene ring substituents is 1. The lowest BCUT2D eigenvalue weighted by Crippen LogP contribution is -2.12. The molecule has 1 amide bonds. The van der Waals surface area contributed by atoms with Crippen molar-refractivity contribution in [1.82, 2.24) is 0 Å². The average molecular weight is 311 g/mol. The van der Waals surface area contributed by atoms with Crippen molar-refractivity contribution >= 4 is 40.5 Å². The summed E-state index contributed by atoms with van der Waals surface area (Å²) in [6.07, 6.45) is 0. The van der Waals surface area contributed by atoms with Crippen LogP contribution in [0.1, 0.15) is 10.4 Å². The number of benzene rings is 2. The number of carbonyl (C=O) groups is 1. The van der Waals surface area contributed by atoms with Gasteiger partial charge >= 0.3 is 0 Å². The molecule has 0 aliphatic carbocycles. The van der Waals surface area contributed by atoms with E-state index in [4.69, 9.17) is 23.2 Å². The van der Waals surface area contributed by atoms with Gasteiger partial charge in [-0.3, -0.25) is 14.9 Å². The fraction of sp³-hybridized carbons (Fsp3) is 0. The van der Waals surface area contributed by atoms with Crippen molar-refractivity contribution in [3.05, 3.63) is 68.2 Å². The molecule has 5 nitrogen and oxygen atoms in total. The van der Waals surface area contributed by atoms with Gasteiger partial charge in [-0.05, 0) is 24.3 Å². The Morgan fingerprint density at radius 3 is 2.50 bits per heavy atom. The molecule has 0 aromatic heterocycles. The standard InChI is InChI=1S/C13H8Cl2N2O3/c14-8-3-1-4-9(7-8)16-13(18)10-5-2-6-11(12(10)15)17(19)20/h1-7H,(H,16,18). The van der Waals surface area contributed by atoms with Crippen molar-refractivity contribution in [1.29, 1.82) is 0 Å². The van der Waals surface area contributed by atoms with Gasteiger partial charge in [-0.1, -0.05) is 35.3 Å². The van der Waals surface area contributed by atoms with E-state index < -0.39 is 10.8 Å². The third-order valence-electron chi connectivity index (χ3n) is 2.50. The predicted molar refractivity (Wildman–Crippen MR) is 77.5 cm³/mol. The van der Waals surface area contributed by atoms with E-state index >= 15 is 0 Å². The first-order valence-electron chi connectivity index (χ1n) is 5.49. The van der Waals surface area contributed by atoms with Crippen LogP contribution in [0.3, 0.4) is 0 Å². The summed E-state index contributed by atoms with van der Waals surface area (Å²) in [4.78, 5) is 22.2. The Morgan fingerprint density at radius 2 is 1.85 bits per heavy atom. The van der Waals surface area contributed by atoms with E-state index in [1.165, 1.54) is 18.2 Å². The molecule has 0 aliphatic heterocycles. The maximum Gasteiger partial charge on any atom is 0.288 e. The lowest BCUT2D eigenvalue weighted by Gasteiger charge is -2.07. The van der Waals surface area contributed by atoms with E-state index in [2.05, 4.69) is 5.32 Å². The number of hydrogen-bond donors (Lipinski definition) is 1. The number of nitro groups is 1. The second-order valence-corrected chi connectivity index (χ2v) is 4.67. The molecule has 0 bridgehead atoms. The first kappa shape index (κ1) is 14.3. The van der Waals surface area contributed by atoms with Crippen molar-refractivity contribution in [3.8, 4) is 0 Å². The molecule has 0 unspecified atom stereocenters. The number of nitrogens with one attached hydrogen (secondary N) is 1. The smallest absolute Gasteiger partial charge is 0.288 e. The third-order valence-corrected chi connectivity index (χ3v) is 3.13. The molecular weight excluding hydrogens is 303 g/mol. The molecule has 20 heavy (non-hydrogen) atoms. The van der Waals surface area contributed by atoms with Gasteiger partial charge in [-0.25, -0.2) is 0 Å². The molecule has 0 atom stereocenters. The van der Waals surface area contributed by atoms with Crippen LogP contribution in [0.25, 0.3) is 0 Å². The highest BCUT2D eigenvalue weighted by Crippen LogP contribution is 2.28. The minimum absolute atomic E-state index is 0.0286. The molecule has 1 N–H and O–H groups in total. The van der Waals surface area contributed by atoms with E-state index in [1.807, 2.05) is 0 Å². The van der Waals surface area contributed by atoms with Gasteiger partial charge in [0.15, 0.2) is 0 Å². The summed E-state index contributed by atoms with van der Waals surface area (Å²) in [5.74, 6) is -0.541. The van der Waals surface area contributed by atoms with Gasteiger partial charge in [0.25, 0.3) is 11.6 Å². The molecule has 102 valence electrons. The topological polar surface area (TPSA) is 72.2 Å². The molecule has 0 heterocycles. The van der Waals surface area contributed by atoms with Crippen molar-refractivity contribution in [2.24, 2.45) is 0 Å². The Morgan fingerprint density at radius 1 is 1.15 bits per heavy atom. The second-order valence-electron chi connectivity index (χ2n) is 3.86. The average Bonchev–Trinajstić information content (AvgIpc) is 2.38. The Kier molecular flexibility index (Phi) is 4.22. The van der Waals surface area contributed by atoms with Gasteiger partial charge in [0.1, 0.15) is 5.02 Å². The monoisotopic (exact) mass is 310 g/mol. The summed E-state index contributed by atoms with van der Waals surface area (Å²) < 4.78 is 0. The molecular formula is C13H8Cl2N2O3. The molecule has 7 heteroatoms. The number of rotatable bonds is 3. The summed E-state index contributed by atoms with van der Waals surface area (Å²) in [5.41, 5.74) is 0.191. The fourth-order valence-corrected chi connectivity index (χ4v) is 2.07. The molecule has 2 aromatic rings. The van der Waals surface area contributed by atoms with E-state index in [-0.39, 0.29) is 16.3 Å². The predicted octanol–water partition coefficient (Wildman–Crippen LogP) is 4.15. The van der Waals surface area contributed by atoms with Crippen LogP contribution in [0, 0.1) is 10.1 Å². The number of nitrogens with zero attached hydrogens (tertiary/aromatic N) is 1. The highest BCUT2D eigenvalue weighted by Gasteiger charge is 2.19. The van der Waals surface area contributed by atoms with Crippen molar-refractivity contribution < 1.29 is 9.72 Å². The van der Waals surface area contributed by atoms with Crippen molar-refractivity contribution in [2.75, 3.05) is 5.32 Å². The van der Waals surface area contributed by atoms with Crippen LogP contribution in [-0.2, 0) is 0 Å². The van der Waals surface area contributed by atoms with Crippen molar-refractivity contribution in [2.45, 2.75) is 0 Å². The normalized spacial score (nSPS) is 10.1. The van der Waals surface area contributed by atoms with Crippen LogP contribution in [0.2, 0.25) is 10.0 Å². The lowest BCUT2D eigenvalue weighted by molar-refractivity contribution is -0.384. The number of amides is 1. The Bertz CT molecular complexity index is 689. The number of carbonyl (C=O) groups excluding carboxylic acids is 1. The van der Waals surface area contributed by atoms with E-state index in [0.717, 1.165) is 0 Å². The first-order chi connectivity index (χ1) is 9.49. The zero-order chi connectivity index (χ0) is 14.7. The van der Waals surface area contributed by atoms with Crippen LogP contribution in [0.15, 0.2) is 42.5 Å². The fourth-order valence-electron chi connectivity index (χ4n) is 1.60. The molecule has 2 aromatic carbocycles. The Balaban J connectivity index is 2.30. The van der Waals surface area contributed by atoms with Gasteiger partial charge in [-0.15, -0.1) is 0 Å². The van der Waals surface area contributed by atoms with E-state index in [0.29, 0.717) is 10.7 Å². The maximum absolute atomic E-state index is 12.1. The van der Waals surface area contributed by atoms with Crippen LogP contribution < -0.4 is 5.32 Å². The third kappa shape index (κ3) is 3.07. The highest BCUT2D eigenvalue weighted by molar-refractivity contribution is 6.36. The summed E-state index contributed by atoms with van der Waals surface area (Å²) in [5, 5.41) is 13.6. The van der Waals surface area contributed by atoms with Gasteiger partial charge in [0.2, 0.25) is 0 Å². The zero-order valence-electron chi connectivity index (χ0n) is 9.97. The minimum atomic E-state index is -0.640.